The molecular formula is C7H13NaO8. The van der Waals surface area contributed by atoms with Crippen LogP contribution in [0.25, 0.3) is 0 Å². The molecule has 0 heterocycles. The van der Waals surface area contributed by atoms with Crippen molar-refractivity contribution >= 4 is 5.97 Å². The van der Waals surface area contributed by atoms with Gasteiger partial charge in [-0.15, -0.1) is 0 Å². The van der Waals surface area contributed by atoms with Gasteiger partial charge in [-0.3, -0.25) is 0 Å². The third-order valence-corrected chi connectivity index (χ3v) is 1.85. The molecule has 0 unspecified atom stereocenters. The van der Waals surface area contributed by atoms with Gasteiger partial charge in [0.2, 0.25) is 0 Å². The van der Waals surface area contributed by atoms with E-state index in [9.17, 15) is 9.90 Å². The van der Waals surface area contributed by atoms with Crippen LogP contribution in [-0.2, 0) is 4.79 Å². The van der Waals surface area contributed by atoms with E-state index < -0.39 is 43.1 Å². The molecule has 0 amide bonds. The van der Waals surface area contributed by atoms with E-state index in [2.05, 4.69) is 0 Å². The molecule has 6 N–H and O–H groups in total. The van der Waals surface area contributed by atoms with Crippen LogP contribution in [0.1, 0.15) is 0 Å². The zero-order chi connectivity index (χ0) is 12.2. The van der Waals surface area contributed by atoms with Gasteiger partial charge in [0.1, 0.15) is 30.5 Å². The Balaban J connectivity index is 0. The largest absolute Gasteiger partial charge is 1.00 e. The fourth-order valence-corrected chi connectivity index (χ4v) is 0.864. The number of carboxylic acids is 1. The van der Waals surface area contributed by atoms with E-state index in [-0.39, 0.29) is 29.6 Å². The molecule has 0 saturated heterocycles. The molecule has 0 aromatic rings. The smallest absolute Gasteiger partial charge is 0.547 e. The van der Waals surface area contributed by atoms with Crippen molar-refractivity contribution in [3.05, 3.63) is 0 Å². The van der Waals surface area contributed by atoms with E-state index >= 15 is 0 Å². The summed E-state index contributed by atoms with van der Waals surface area (Å²) in [5.41, 5.74) is 0. The maximum atomic E-state index is 10.1. The molecule has 0 bridgehead atoms. The monoisotopic (exact) mass is 248 g/mol. The normalized spacial score (nSPS) is 20.1. The Hall–Kier alpha value is 0.230. The van der Waals surface area contributed by atoms with Crippen molar-refractivity contribution in [2.45, 2.75) is 30.5 Å². The van der Waals surface area contributed by atoms with Crippen LogP contribution >= 0.6 is 0 Å². The number of hydrogen-bond acceptors (Lipinski definition) is 8. The van der Waals surface area contributed by atoms with Crippen LogP contribution in [0.5, 0.6) is 0 Å². The molecular weight excluding hydrogens is 235 g/mol. The topological polar surface area (TPSA) is 162 Å². The maximum Gasteiger partial charge on any atom is 1.00 e. The van der Waals surface area contributed by atoms with Gasteiger partial charge in [0.25, 0.3) is 0 Å². The third kappa shape index (κ3) is 5.04. The van der Waals surface area contributed by atoms with Crippen LogP contribution in [0.3, 0.4) is 0 Å². The van der Waals surface area contributed by atoms with E-state index in [1.54, 1.807) is 0 Å². The molecule has 0 rings (SSSR count). The molecule has 0 aliphatic heterocycles. The van der Waals surface area contributed by atoms with Gasteiger partial charge in [0, 0.05) is 0 Å². The van der Waals surface area contributed by atoms with Crippen molar-refractivity contribution in [2.75, 3.05) is 6.61 Å². The summed E-state index contributed by atoms with van der Waals surface area (Å²) in [6.45, 7) is -0.896. The molecule has 0 saturated carbocycles. The second kappa shape index (κ2) is 8.34. The van der Waals surface area contributed by atoms with Crippen LogP contribution in [0.15, 0.2) is 0 Å². The summed E-state index contributed by atoms with van der Waals surface area (Å²) in [7, 11) is 0. The number of rotatable bonds is 6. The minimum atomic E-state index is -2.40. The van der Waals surface area contributed by atoms with Gasteiger partial charge in [-0.25, -0.2) is 0 Å². The number of aliphatic hydroxyl groups excluding tert-OH is 6. The number of carboxylic acid groups (broad SMARTS) is 1. The number of aliphatic hydroxyl groups is 6. The van der Waals surface area contributed by atoms with Crippen LogP contribution in [-0.4, -0.2) is 73.7 Å². The van der Waals surface area contributed by atoms with E-state index in [4.69, 9.17) is 30.6 Å². The summed E-state index contributed by atoms with van der Waals surface area (Å²) >= 11 is 0. The van der Waals surface area contributed by atoms with Crippen LogP contribution < -0.4 is 34.7 Å². The Bertz CT molecular complexity index is 213. The van der Waals surface area contributed by atoms with Crippen molar-refractivity contribution in [2.24, 2.45) is 0 Å². The second-order valence-corrected chi connectivity index (χ2v) is 2.99. The first-order valence-corrected chi connectivity index (χ1v) is 4.05. The minimum absolute atomic E-state index is 0. The molecule has 0 radical (unpaired) electrons. The van der Waals surface area contributed by atoms with E-state index in [1.165, 1.54) is 0 Å². The van der Waals surface area contributed by atoms with Crippen molar-refractivity contribution < 1.29 is 70.1 Å². The average molecular weight is 248 g/mol. The predicted molar refractivity (Wildman–Crippen MR) is 42.1 cm³/mol. The number of carbonyl (C=O) groups excluding carboxylic acids is 1. The molecule has 0 fully saturated rings. The molecule has 9 heteroatoms. The fourth-order valence-electron chi connectivity index (χ4n) is 0.864. The molecule has 90 valence electrons. The number of carbonyl (C=O) groups is 1. The van der Waals surface area contributed by atoms with Crippen LogP contribution in [0.4, 0.5) is 0 Å². The molecule has 8 nitrogen and oxygen atoms in total. The quantitative estimate of drug-likeness (QED) is 0.252. The zero-order valence-corrected chi connectivity index (χ0v) is 10.6. The van der Waals surface area contributed by atoms with Crippen molar-refractivity contribution in [3.8, 4) is 0 Å². The van der Waals surface area contributed by atoms with Gasteiger partial charge in [-0.05, 0) is 0 Å². The first-order chi connectivity index (χ1) is 6.82. The Morgan fingerprint density at radius 3 is 1.75 bits per heavy atom. The first-order valence-electron chi connectivity index (χ1n) is 4.05. The van der Waals surface area contributed by atoms with Crippen molar-refractivity contribution in [1.29, 1.82) is 0 Å². The summed E-state index contributed by atoms with van der Waals surface area (Å²) in [5.74, 6) is -2.03. The zero-order valence-electron chi connectivity index (χ0n) is 8.59. The Kier molecular flexibility index (Phi) is 9.69. The molecule has 0 aliphatic carbocycles. The Labute approximate surface area is 113 Å². The van der Waals surface area contributed by atoms with Gasteiger partial charge < -0.3 is 40.5 Å². The molecule has 0 aromatic heterocycles. The average Bonchev–Trinajstić information content (AvgIpc) is 2.23. The van der Waals surface area contributed by atoms with Gasteiger partial charge in [-0.2, -0.15) is 0 Å². The van der Waals surface area contributed by atoms with Gasteiger partial charge >= 0.3 is 29.6 Å². The van der Waals surface area contributed by atoms with Crippen LogP contribution in [0.2, 0.25) is 0 Å². The standard InChI is InChI=1S/C7H14O8.Na/c8-1-2(9)3(10)4(11)5(12)6(13)7(14)15;/h2-6,8-13H,1H2,(H,14,15);/q;+1/p-1/t2-,3-,4+,5-,6-;/m0./s1. The van der Waals surface area contributed by atoms with Gasteiger partial charge in [-0.1, -0.05) is 0 Å². The number of aliphatic carboxylic acids is 1. The van der Waals surface area contributed by atoms with Crippen molar-refractivity contribution in [3.63, 3.8) is 0 Å². The molecule has 5 atom stereocenters. The predicted octanol–water partition coefficient (Wildman–Crippen LogP) is -8.46. The minimum Gasteiger partial charge on any atom is -0.547 e. The van der Waals surface area contributed by atoms with Gasteiger partial charge in [0.15, 0.2) is 0 Å². The van der Waals surface area contributed by atoms with Crippen LogP contribution in [0, 0.1) is 0 Å². The SMILES string of the molecule is O=C([O-])[C@@H](O)[C@@H](O)[C@H](O)[C@@H](O)[C@@H](O)CO.[Na+]. The second-order valence-electron chi connectivity index (χ2n) is 2.99. The summed E-state index contributed by atoms with van der Waals surface area (Å²) < 4.78 is 0. The van der Waals surface area contributed by atoms with E-state index in [0.717, 1.165) is 0 Å². The Morgan fingerprint density at radius 1 is 1.00 bits per heavy atom. The maximum absolute atomic E-state index is 10.1. The van der Waals surface area contributed by atoms with Gasteiger partial charge in [0.05, 0.1) is 12.6 Å². The summed E-state index contributed by atoms with van der Waals surface area (Å²) in [5, 5.41) is 63.2. The number of hydrogen-bond donors (Lipinski definition) is 6. The van der Waals surface area contributed by atoms with Crippen molar-refractivity contribution in [1.82, 2.24) is 0 Å². The fraction of sp³-hybridized carbons (Fsp3) is 0.857. The Morgan fingerprint density at radius 2 is 1.44 bits per heavy atom. The molecule has 0 aliphatic rings. The summed E-state index contributed by atoms with van der Waals surface area (Å²) in [6, 6.07) is 0. The first kappa shape index (κ1) is 18.6. The summed E-state index contributed by atoms with van der Waals surface area (Å²) in [4.78, 5) is 10.1. The molecule has 0 aromatic carbocycles. The molecule has 16 heavy (non-hydrogen) atoms. The van der Waals surface area contributed by atoms with E-state index in [0.29, 0.717) is 0 Å². The molecule has 0 spiro atoms. The summed E-state index contributed by atoms with van der Waals surface area (Å²) in [6.07, 6.45) is -10.5. The third-order valence-electron chi connectivity index (χ3n) is 1.85. The van der Waals surface area contributed by atoms with E-state index in [1.807, 2.05) is 0 Å².